The number of furan rings is 1. The lowest BCUT2D eigenvalue weighted by atomic mass is 10.1. The molecule has 98 valence electrons. The molecule has 1 aromatic carbocycles. The summed E-state index contributed by atoms with van der Waals surface area (Å²) in [7, 11) is 0. The van der Waals surface area contributed by atoms with Gasteiger partial charge >= 0.3 is 5.97 Å². The van der Waals surface area contributed by atoms with Gasteiger partial charge in [-0.15, -0.1) is 0 Å². The smallest absolute Gasteiger partial charge is 0.371 e. The molecule has 0 saturated carbocycles. The number of nitrogens with one attached hydrogen (secondary N) is 1. The van der Waals surface area contributed by atoms with Gasteiger partial charge in [-0.3, -0.25) is 4.79 Å². The maximum Gasteiger partial charge on any atom is 0.371 e. The van der Waals surface area contributed by atoms with E-state index < -0.39 is 11.9 Å². The Bertz CT molecular complexity index is 643. The van der Waals surface area contributed by atoms with Crippen molar-refractivity contribution in [2.24, 2.45) is 0 Å². The highest BCUT2D eigenvalue weighted by Gasteiger charge is 2.15. The molecule has 2 N–H and O–H groups in total. The summed E-state index contributed by atoms with van der Waals surface area (Å²) < 4.78 is 4.92. The first kappa shape index (κ1) is 12.9. The minimum absolute atomic E-state index is 0.0318. The van der Waals surface area contributed by atoms with Crippen LogP contribution in [0.15, 0.2) is 34.7 Å². The Morgan fingerprint density at radius 2 is 1.74 bits per heavy atom. The number of carbonyl (C=O) groups is 2. The van der Waals surface area contributed by atoms with Crippen LogP contribution in [0.25, 0.3) is 0 Å². The summed E-state index contributed by atoms with van der Waals surface area (Å²) in [6.07, 6.45) is 0. The first-order valence-corrected chi connectivity index (χ1v) is 5.69. The second-order valence-corrected chi connectivity index (χ2v) is 4.22. The first-order chi connectivity index (χ1) is 8.97. The van der Waals surface area contributed by atoms with Crippen LogP contribution in [0.2, 0.25) is 0 Å². The minimum Gasteiger partial charge on any atom is -0.475 e. The van der Waals surface area contributed by atoms with Gasteiger partial charge in [0.05, 0.1) is 0 Å². The van der Waals surface area contributed by atoms with Crippen LogP contribution in [0.1, 0.15) is 32.2 Å². The fourth-order valence-electron chi connectivity index (χ4n) is 1.59. The molecule has 0 spiro atoms. The van der Waals surface area contributed by atoms with E-state index in [1.165, 1.54) is 12.1 Å². The van der Waals surface area contributed by atoms with Crippen LogP contribution in [0.3, 0.4) is 0 Å². The Kier molecular flexibility index (Phi) is 3.37. The molecule has 1 aromatic heterocycles. The minimum atomic E-state index is -1.20. The van der Waals surface area contributed by atoms with Crippen molar-refractivity contribution in [2.75, 3.05) is 5.32 Å². The lowest BCUT2D eigenvalue weighted by Crippen LogP contribution is -2.11. The molecule has 2 rings (SSSR count). The number of carbonyl (C=O) groups excluding carboxylic acids is 1. The summed E-state index contributed by atoms with van der Waals surface area (Å²) in [6, 6.07) is 8.10. The molecule has 19 heavy (non-hydrogen) atoms. The number of anilines is 1. The van der Waals surface area contributed by atoms with E-state index in [1.807, 2.05) is 26.0 Å². The van der Waals surface area contributed by atoms with Gasteiger partial charge in [-0.1, -0.05) is 6.07 Å². The summed E-state index contributed by atoms with van der Waals surface area (Å²) in [6.45, 7) is 3.92. The summed E-state index contributed by atoms with van der Waals surface area (Å²) >= 11 is 0. The lowest BCUT2D eigenvalue weighted by molar-refractivity contribution is 0.0660. The second kappa shape index (κ2) is 4.97. The molecule has 0 unspecified atom stereocenters. The predicted molar refractivity (Wildman–Crippen MR) is 69.5 cm³/mol. The largest absolute Gasteiger partial charge is 0.475 e. The van der Waals surface area contributed by atoms with E-state index in [2.05, 4.69) is 5.32 Å². The van der Waals surface area contributed by atoms with Gasteiger partial charge in [0.1, 0.15) is 0 Å². The fraction of sp³-hybridized carbons (Fsp3) is 0.143. The summed E-state index contributed by atoms with van der Waals surface area (Å²) in [5.74, 6) is -1.97. The number of carboxylic acids is 1. The number of aromatic carboxylic acids is 1. The topological polar surface area (TPSA) is 79.5 Å². The molecule has 2 aromatic rings. The van der Waals surface area contributed by atoms with Crippen LogP contribution in [-0.2, 0) is 0 Å². The Balaban J connectivity index is 2.15. The van der Waals surface area contributed by atoms with Crippen molar-refractivity contribution in [1.82, 2.24) is 0 Å². The third-order valence-corrected chi connectivity index (χ3v) is 2.81. The Morgan fingerprint density at radius 3 is 2.32 bits per heavy atom. The standard InChI is InChI=1S/C14H13NO4/c1-8-3-4-10(7-9(8)2)15-13(16)11-5-6-12(19-11)14(17)18/h3-7H,1-2H3,(H,15,16)(H,17,18). The normalized spacial score (nSPS) is 10.2. The zero-order valence-corrected chi connectivity index (χ0v) is 10.6. The van der Waals surface area contributed by atoms with Gasteiger partial charge in [-0.2, -0.15) is 0 Å². The number of amides is 1. The fourth-order valence-corrected chi connectivity index (χ4v) is 1.59. The van der Waals surface area contributed by atoms with Gasteiger partial charge < -0.3 is 14.8 Å². The van der Waals surface area contributed by atoms with Gasteiger partial charge in [-0.05, 0) is 49.2 Å². The molecule has 5 heteroatoms. The number of hydrogen-bond donors (Lipinski definition) is 2. The Hall–Kier alpha value is -2.56. The third-order valence-electron chi connectivity index (χ3n) is 2.81. The zero-order chi connectivity index (χ0) is 14.0. The number of carboxylic acid groups (broad SMARTS) is 1. The van der Waals surface area contributed by atoms with E-state index in [4.69, 9.17) is 9.52 Å². The van der Waals surface area contributed by atoms with E-state index in [0.717, 1.165) is 11.1 Å². The molecule has 1 heterocycles. The molecule has 0 aliphatic heterocycles. The number of hydrogen-bond acceptors (Lipinski definition) is 3. The summed E-state index contributed by atoms with van der Waals surface area (Å²) in [4.78, 5) is 22.5. The highest BCUT2D eigenvalue weighted by atomic mass is 16.4. The maximum atomic E-state index is 11.8. The maximum absolute atomic E-state index is 11.8. The molecule has 0 aliphatic carbocycles. The molecular formula is C14H13NO4. The monoisotopic (exact) mass is 259 g/mol. The van der Waals surface area contributed by atoms with E-state index in [9.17, 15) is 9.59 Å². The molecule has 0 bridgehead atoms. The van der Waals surface area contributed by atoms with E-state index in [-0.39, 0.29) is 11.5 Å². The molecular weight excluding hydrogens is 246 g/mol. The van der Waals surface area contributed by atoms with Crippen LogP contribution in [0.4, 0.5) is 5.69 Å². The molecule has 0 saturated heterocycles. The molecule has 0 atom stereocenters. The number of rotatable bonds is 3. The molecule has 1 amide bonds. The molecule has 5 nitrogen and oxygen atoms in total. The third kappa shape index (κ3) is 2.82. The van der Waals surface area contributed by atoms with Crippen LogP contribution < -0.4 is 5.32 Å². The second-order valence-electron chi connectivity index (χ2n) is 4.22. The van der Waals surface area contributed by atoms with Gasteiger partial charge in [-0.25, -0.2) is 4.79 Å². The predicted octanol–water partition coefficient (Wildman–Crippen LogP) is 2.85. The van der Waals surface area contributed by atoms with Crippen molar-refractivity contribution in [3.8, 4) is 0 Å². The average molecular weight is 259 g/mol. The van der Waals surface area contributed by atoms with Gasteiger partial charge in [0.25, 0.3) is 5.91 Å². The van der Waals surface area contributed by atoms with Crippen molar-refractivity contribution in [2.45, 2.75) is 13.8 Å². The van der Waals surface area contributed by atoms with Crippen molar-refractivity contribution in [3.63, 3.8) is 0 Å². The quantitative estimate of drug-likeness (QED) is 0.888. The van der Waals surface area contributed by atoms with Crippen molar-refractivity contribution >= 4 is 17.6 Å². The first-order valence-electron chi connectivity index (χ1n) is 5.69. The van der Waals surface area contributed by atoms with Crippen molar-refractivity contribution < 1.29 is 19.1 Å². The molecule has 0 radical (unpaired) electrons. The zero-order valence-electron chi connectivity index (χ0n) is 10.6. The molecule has 0 fully saturated rings. The van der Waals surface area contributed by atoms with Gasteiger partial charge in [0.2, 0.25) is 5.76 Å². The van der Waals surface area contributed by atoms with E-state index in [0.29, 0.717) is 5.69 Å². The number of benzene rings is 1. The van der Waals surface area contributed by atoms with Crippen LogP contribution in [-0.4, -0.2) is 17.0 Å². The van der Waals surface area contributed by atoms with Crippen molar-refractivity contribution in [3.05, 3.63) is 53.0 Å². The summed E-state index contributed by atoms with van der Waals surface area (Å²) in [5.41, 5.74) is 2.83. The van der Waals surface area contributed by atoms with E-state index in [1.54, 1.807) is 6.07 Å². The SMILES string of the molecule is Cc1ccc(NC(=O)c2ccc(C(=O)O)o2)cc1C. The Labute approximate surface area is 109 Å². The van der Waals surface area contributed by atoms with Crippen molar-refractivity contribution in [1.29, 1.82) is 0 Å². The van der Waals surface area contributed by atoms with Crippen LogP contribution in [0.5, 0.6) is 0 Å². The highest BCUT2D eigenvalue weighted by Crippen LogP contribution is 2.16. The van der Waals surface area contributed by atoms with Gasteiger partial charge in [0, 0.05) is 5.69 Å². The lowest BCUT2D eigenvalue weighted by Gasteiger charge is -2.06. The van der Waals surface area contributed by atoms with Crippen LogP contribution in [0, 0.1) is 13.8 Å². The average Bonchev–Trinajstić information content (AvgIpc) is 2.83. The Morgan fingerprint density at radius 1 is 1.05 bits per heavy atom. The highest BCUT2D eigenvalue weighted by molar-refractivity contribution is 6.03. The summed E-state index contributed by atoms with van der Waals surface area (Å²) in [5, 5.41) is 11.4. The van der Waals surface area contributed by atoms with Gasteiger partial charge in [0.15, 0.2) is 5.76 Å². The molecule has 0 aliphatic rings. The number of aryl methyl sites for hydroxylation is 2. The van der Waals surface area contributed by atoms with Crippen LogP contribution >= 0.6 is 0 Å². The van der Waals surface area contributed by atoms with E-state index >= 15 is 0 Å².